The molecule has 2 rings (SSSR count). The molecule has 4 N–H and O–H groups in total. The highest BCUT2D eigenvalue weighted by atomic mass is 16.6. The molecule has 1 fully saturated rings. The van der Waals surface area contributed by atoms with Crippen LogP contribution in [-0.4, -0.2) is 89.4 Å². The average Bonchev–Trinajstić information content (AvgIpc) is 3.71. The van der Waals surface area contributed by atoms with Crippen LogP contribution >= 0.6 is 0 Å². The number of pyridine rings is 1. The predicted octanol–water partition coefficient (Wildman–Crippen LogP) is 6.71. The summed E-state index contributed by atoms with van der Waals surface area (Å²) in [6.07, 6.45) is 37.8. The third-order valence-corrected chi connectivity index (χ3v) is 8.83. The van der Waals surface area contributed by atoms with Crippen molar-refractivity contribution in [3.05, 3.63) is 96.4 Å². The second kappa shape index (κ2) is 31.3. The normalized spacial score (nSPS) is 14.6. The molecule has 0 aromatic carbocycles. The zero-order chi connectivity index (χ0) is 38.9. The summed E-state index contributed by atoms with van der Waals surface area (Å²) in [7, 11) is 0. The lowest BCUT2D eigenvalue weighted by Crippen LogP contribution is -2.43. The molecule has 0 spiro atoms. The number of nitrogens with zero attached hydrogens (tertiary/aromatic N) is 2. The Morgan fingerprint density at radius 2 is 1.48 bits per heavy atom. The topological polar surface area (TPSA) is 141 Å². The fraction of sp³-hybridized carbons (Fsp3) is 0.545. The monoisotopic (exact) mass is 746 g/mol. The van der Waals surface area contributed by atoms with Crippen molar-refractivity contribution < 1.29 is 29.3 Å². The minimum atomic E-state index is -1.06. The molecule has 2 amide bonds. The molecule has 0 saturated carbocycles. The lowest BCUT2D eigenvalue weighted by atomic mass is 10.1. The SMILES string of the molecule is CC/C=C\C/C=C\C/C=C\C/C=C\C/C=C\CCCC(=O)NCCCCC(NC(=O)C/C=C/c1ccc(CCN2CCCC2)nc1)C(=O)OC(CO)CO. The van der Waals surface area contributed by atoms with Crippen molar-refractivity contribution in [2.45, 2.75) is 115 Å². The van der Waals surface area contributed by atoms with Crippen LogP contribution in [0.25, 0.3) is 6.08 Å². The summed E-state index contributed by atoms with van der Waals surface area (Å²) in [5, 5.41) is 24.4. The number of rotatable bonds is 29. The number of unbranched alkanes of at least 4 members (excludes halogenated alkanes) is 2. The van der Waals surface area contributed by atoms with Gasteiger partial charge in [0.1, 0.15) is 12.1 Å². The van der Waals surface area contributed by atoms with Crippen LogP contribution in [0, 0.1) is 0 Å². The summed E-state index contributed by atoms with van der Waals surface area (Å²) in [4.78, 5) is 44.9. The molecule has 0 bridgehead atoms. The van der Waals surface area contributed by atoms with E-state index in [0.717, 1.165) is 82.3 Å². The van der Waals surface area contributed by atoms with Gasteiger partial charge in [0.25, 0.3) is 0 Å². The van der Waals surface area contributed by atoms with Crippen molar-refractivity contribution in [3.63, 3.8) is 0 Å². The van der Waals surface area contributed by atoms with Gasteiger partial charge in [-0.05, 0) is 102 Å². The van der Waals surface area contributed by atoms with Crippen LogP contribution in [-0.2, 0) is 25.5 Å². The Morgan fingerprint density at radius 1 is 0.833 bits per heavy atom. The Kier molecular flexibility index (Phi) is 26.6. The second-order valence-corrected chi connectivity index (χ2v) is 13.5. The van der Waals surface area contributed by atoms with E-state index in [1.807, 2.05) is 18.2 Å². The van der Waals surface area contributed by atoms with E-state index in [1.54, 1.807) is 12.3 Å². The molecule has 1 aromatic heterocycles. The Bertz CT molecular complexity index is 1340. The van der Waals surface area contributed by atoms with Crippen LogP contribution in [0.3, 0.4) is 0 Å². The third kappa shape index (κ3) is 23.5. The summed E-state index contributed by atoms with van der Waals surface area (Å²) in [6, 6.07) is 3.05. The van der Waals surface area contributed by atoms with Gasteiger partial charge in [-0.3, -0.25) is 14.6 Å². The zero-order valence-corrected chi connectivity index (χ0v) is 32.6. The van der Waals surface area contributed by atoms with Crippen molar-refractivity contribution in [3.8, 4) is 0 Å². The number of ether oxygens (including phenoxy) is 1. The first-order valence-electron chi connectivity index (χ1n) is 20.0. The van der Waals surface area contributed by atoms with Crippen LogP contribution in [0.2, 0.25) is 0 Å². The number of carbonyl (C=O) groups excluding carboxylic acids is 3. The molecular weight excluding hydrogens is 681 g/mol. The minimum absolute atomic E-state index is 0.0148. The van der Waals surface area contributed by atoms with Crippen molar-refractivity contribution >= 4 is 23.9 Å². The van der Waals surface area contributed by atoms with Gasteiger partial charge in [-0.2, -0.15) is 0 Å². The average molecular weight is 747 g/mol. The zero-order valence-electron chi connectivity index (χ0n) is 32.6. The van der Waals surface area contributed by atoms with Crippen molar-refractivity contribution in [1.82, 2.24) is 20.5 Å². The van der Waals surface area contributed by atoms with Crippen molar-refractivity contribution in [2.75, 3.05) is 39.4 Å². The van der Waals surface area contributed by atoms with Gasteiger partial charge >= 0.3 is 5.97 Å². The molecule has 1 aromatic rings. The number of carbonyl (C=O) groups is 3. The number of amides is 2. The first-order chi connectivity index (χ1) is 26.4. The van der Waals surface area contributed by atoms with E-state index in [-0.39, 0.29) is 18.2 Å². The molecule has 10 heteroatoms. The largest absolute Gasteiger partial charge is 0.456 e. The molecule has 298 valence electrons. The molecule has 2 heterocycles. The summed E-state index contributed by atoms with van der Waals surface area (Å²) in [5.74, 6) is -1.08. The third-order valence-electron chi connectivity index (χ3n) is 8.83. The molecule has 0 aliphatic carbocycles. The van der Waals surface area contributed by atoms with Crippen molar-refractivity contribution in [1.29, 1.82) is 0 Å². The highest BCUT2D eigenvalue weighted by Gasteiger charge is 2.24. The number of likely N-dealkylation sites (tertiary alicyclic amines) is 1. The molecule has 1 aliphatic rings. The number of hydrogen-bond acceptors (Lipinski definition) is 8. The summed E-state index contributed by atoms with van der Waals surface area (Å²) < 4.78 is 5.20. The van der Waals surface area contributed by atoms with Crippen molar-refractivity contribution in [2.24, 2.45) is 0 Å². The van der Waals surface area contributed by atoms with Gasteiger partial charge in [-0.25, -0.2) is 4.79 Å². The fourth-order valence-electron chi connectivity index (χ4n) is 5.68. The number of esters is 1. The lowest BCUT2D eigenvalue weighted by molar-refractivity contribution is -0.157. The molecule has 1 aliphatic heterocycles. The van der Waals surface area contributed by atoms with Gasteiger partial charge in [0.15, 0.2) is 0 Å². The number of aliphatic hydroxyl groups is 2. The van der Waals surface area contributed by atoms with E-state index in [9.17, 15) is 24.6 Å². The number of allylic oxidation sites excluding steroid dienone is 10. The van der Waals surface area contributed by atoms with E-state index in [2.05, 4.69) is 88.2 Å². The number of aromatic nitrogens is 1. The first kappa shape index (κ1) is 46.0. The predicted molar refractivity (Wildman–Crippen MR) is 218 cm³/mol. The van der Waals surface area contributed by atoms with Gasteiger partial charge in [-0.1, -0.05) is 85.9 Å². The van der Waals surface area contributed by atoms with Crippen LogP contribution in [0.4, 0.5) is 0 Å². The van der Waals surface area contributed by atoms with Gasteiger partial charge in [0, 0.05) is 44.2 Å². The summed E-state index contributed by atoms with van der Waals surface area (Å²) >= 11 is 0. The van der Waals surface area contributed by atoms with Crippen LogP contribution < -0.4 is 10.6 Å². The van der Waals surface area contributed by atoms with E-state index in [4.69, 9.17) is 4.74 Å². The fourth-order valence-corrected chi connectivity index (χ4v) is 5.68. The maximum absolute atomic E-state index is 12.8. The second-order valence-electron chi connectivity index (χ2n) is 13.5. The van der Waals surface area contributed by atoms with Gasteiger partial charge in [-0.15, -0.1) is 0 Å². The van der Waals surface area contributed by atoms with Crippen LogP contribution in [0.15, 0.2) is 85.2 Å². The molecule has 1 atom stereocenters. The minimum Gasteiger partial charge on any atom is -0.456 e. The number of nitrogens with one attached hydrogen (secondary N) is 2. The summed E-state index contributed by atoms with van der Waals surface area (Å²) in [5.41, 5.74) is 1.92. The van der Waals surface area contributed by atoms with E-state index < -0.39 is 31.3 Å². The molecular formula is C44H66N4O6. The first-order valence-corrected chi connectivity index (χ1v) is 20.0. The maximum atomic E-state index is 12.8. The molecule has 10 nitrogen and oxygen atoms in total. The maximum Gasteiger partial charge on any atom is 0.329 e. The Labute approximate surface area is 324 Å². The molecule has 1 unspecified atom stereocenters. The van der Waals surface area contributed by atoms with Crippen LogP contribution in [0.5, 0.6) is 0 Å². The van der Waals surface area contributed by atoms with E-state index in [1.165, 1.54) is 12.8 Å². The Hall–Kier alpha value is -4.12. The standard InChI is InChI=1S/C44H66N4O6/c1-2-3-4-5-6-7-8-9-10-11-12-13-14-15-16-17-18-26-42(51)45-31-20-19-25-41(44(53)54-40(36-49)37-50)47-43(52)27-23-24-38-28-29-39(46-35-38)30-34-48-32-21-22-33-48/h3-4,6-7,9-10,12-13,15-16,23-24,28-29,35,40-41,49-50H,2,5,8,11,14,17-22,25-27,30-34,36-37H2,1H3,(H,45,51)(H,47,52)/b4-3-,7-6-,10-9-,13-12-,16-15-,24-23+. The smallest absolute Gasteiger partial charge is 0.329 e. The van der Waals surface area contributed by atoms with Gasteiger partial charge < -0.3 is 30.5 Å². The van der Waals surface area contributed by atoms with Gasteiger partial charge in [0.05, 0.1) is 13.2 Å². The highest BCUT2D eigenvalue weighted by Crippen LogP contribution is 2.11. The number of aliphatic hydroxyl groups excluding tert-OH is 2. The molecule has 54 heavy (non-hydrogen) atoms. The Balaban J connectivity index is 1.62. The highest BCUT2D eigenvalue weighted by molar-refractivity contribution is 5.85. The quantitative estimate of drug-likeness (QED) is 0.0403. The Morgan fingerprint density at radius 3 is 2.09 bits per heavy atom. The van der Waals surface area contributed by atoms with Crippen LogP contribution in [0.1, 0.15) is 108 Å². The van der Waals surface area contributed by atoms with Gasteiger partial charge in [0.2, 0.25) is 11.8 Å². The number of hydrogen-bond donors (Lipinski definition) is 4. The van der Waals surface area contributed by atoms with E-state index in [0.29, 0.717) is 32.2 Å². The lowest BCUT2D eigenvalue weighted by Gasteiger charge is -2.20. The summed E-state index contributed by atoms with van der Waals surface area (Å²) in [6.45, 7) is 4.90. The molecule has 0 radical (unpaired) electrons. The van der Waals surface area contributed by atoms with E-state index >= 15 is 0 Å². The molecule has 1 saturated heterocycles.